The molecule has 2 heterocycles. The average Bonchev–Trinajstić information content (AvgIpc) is 3.07. The Hall–Kier alpha value is -3.42. The lowest BCUT2D eigenvalue weighted by Gasteiger charge is -2.10. The molecular weight excluding hydrogens is 354 g/mol. The second-order valence-electron chi connectivity index (χ2n) is 6.32. The molecule has 0 spiro atoms. The van der Waals surface area contributed by atoms with Gasteiger partial charge in [-0.2, -0.15) is 10.1 Å². The highest BCUT2D eigenvalue weighted by molar-refractivity contribution is 5.95. The Morgan fingerprint density at radius 3 is 2.61 bits per heavy atom. The molecule has 3 rings (SSSR count). The number of amides is 1. The minimum atomic E-state index is -0.153. The third-order valence-corrected chi connectivity index (χ3v) is 4.16. The normalized spacial score (nSPS) is 10.5. The van der Waals surface area contributed by atoms with Crippen LogP contribution in [0.2, 0.25) is 0 Å². The summed E-state index contributed by atoms with van der Waals surface area (Å²) in [5, 5.41) is 13.5. The lowest BCUT2D eigenvalue weighted by molar-refractivity contribution is 0.0954. The molecule has 146 valence electrons. The van der Waals surface area contributed by atoms with E-state index in [9.17, 15) is 4.79 Å². The zero-order chi connectivity index (χ0) is 19.9. The predicted molar refractivity (Wildman–Crippen MR) is 110 cm³/mol. The number of anilines is 2. The van der Waals surface area contributed by atoms with Crippen molar-refractivity contribution in [3.8, 4) is 5.69 Å². The number of nitrogens with zero attached hydrogens (tertiary/aromatic N) is 4. The number of carbonyl (C=O) groups is 1. The van der Waals surface area contributed by atoms with Crippen LogP contribution in [0, 0.1) is 13.8 Å². The first-order valence-corrected chi connectivity index (χ1v) is 9.30. The number of benzene rings is 1. The van der Waals surface area contributed by atoms with Crippen molar-refractivity contribution in [2.45, 2.75) is 20.8 Å². The van der Waals surface area contributed by atoms with Crippen molar-refractivity contribution in [1.29, 1.82) is 0 Å². The summed E-state index contributed by atoms with van der Waals surface area (Å²) in [5.41, 5.74) is 3.16. The van der Waals surface area contributed by atoms with Crippen molar-refractivity contribution in [1.82, 2.24) is 25.1 Å². The van der Waals surface area contributed by atoms with E-state index >= 15 is 0 Å². The molecule has 0 aliphatic rings. The molecule has 0 aliphatic heterocycles. The molecular formula is C20H25N7O. The number of hydrogen-bond donors (Lipinski definition) is 3. The van der Waals surface area contributed by atoms with Gasteiger partial charge in [0.1, 0.15) is 5.82 Å². The number of hydrogen-bond acceptors (Lipinski definition) is 6. The monoisotopic (exact) mass is 379 g/mol. The van der Waals surface area contributed by atoms with Crippen molar-refractivity contribution in [3.63, 3.8) is 0 Å². The Balaban J connectivity index is 1.55. The molecule has 3 N–H and O–H groups in total. The zero-order valence-corrected chi connectivity index (χ0v) is 16.4. The quantitative estimate of drug-likeness (QED) is 0.521. The maximum Gasteiger partial charge on any atom is 0.254 e. The summed E-state index contributed by atoms with van der Waals surface area (Å²) in [7, 11) is 0. The Morgan fingerprint density at radius 1 is 1.07 bits per heavy atom. The smallest absolute Gasteiger partial charge is 0.254 e. The molecule has 0 aliphatic carbocycles. The van der Waals surface area contributed by atoms with Crippen LogP contribution in [0.5, 0.6) is 0 Å². The highest BCUT2D eigenvalue weighted by Gasteiger charge is 2.14. The summed E-state index contributed by atoms with van der Waals surface area (Å²) in [6, 6.07) is 11.6. The van der Waals surface area contributed by atoms with E-state index in [4.69, 9.17) is 0 Å². The molecule has 2 aromatic heterocycles. The predicted octanol–water partition coefficient (Wildman–Crippen LogP) is 2.55. The lowest BCUT2D eigenvalue weighted by atomic mass is 10.2. The van der Waals surface area contributed by atoms with E-state index in [1.807, 2.05) is 57.2 Å². The SMILES string of the molecule is CCNc1cc(C)nc(NCCNC(=O)c2cnn(-c3ccccc3)c2C)n1. The van der Waals surface area contributed by atoms with Crippen LogP contribution in [0.15, 0.2) is 42.6 Å². The van der Waals surface area contributed by atoms with Gasteiger partial charge in [-0.3, -0.25) is 4.79 Å². The van der Waals surface area contributed by atoms with Gasteiger partial charge in [-0.25, -0.2) is 9.67 Å². The van der Waals surface area contributed by atoms with Gasteiger partial charge in [-0.15, -0.1) is 0 Å². The maximum atomic E-state index is 12.5. The summed E-state index contributed by atoms with van der Waals surface area (Å²) in [5.74, 6) is 1.17. The average molecular weight is 379 g/mol. The van der Waals surface area contributed by atoms with Gasteiger partial charge >= 0.3 is 0 Å². The molecule has 0 saturated carbocycles. The van der Waals surface area contributed by atoms with Crippen LogP contribution >= 0.6 is 0 Å². The molecule has 0 saturated heterocycles. The largest absolute Gasteiger partial charge is 0.370 e. The van der Waals surface area contributed by atoms with E-state index in [1.165, 1.54) is 0 Å². The Morgan fingerprint density at radius 2 is 1.86 bits per heavy atom. The molecule has 28 heavy (non-hydrogen) atoms. The first kappa shape index (κ1) is 19.3. The van der Waals surface area contributed by atoms with Gasteiger partial charge < -0.3 is 16.0 Å². The van der Waals surface area contributed by atoms with Crippen molar-refractivity contribution in [3.05, 3.63) is 59.5 Å². The van der Waals surface area contributed by atoms with Crippen LogP contribution in [0.25, 0.3) is 5.69 Å². The summed E-state index contributed by atoms with van der Waals surface area (Å²) in [6.45, 7) is 7.58. The van der Waals surface area contributed by atoms with Crippen LogP contribution in [0.4, 0.5) is 11.8 Å². The number of aryl methyl sites for hydroxylation is 1. The second-order valence-corrected chi connectivity index (χ2v) is 6.32. The number of carbonyl (C=O) groups excluding carboxylic acids is 1. The first-order valence-electron chi connectivity index (χ1n) is 9.30. The van der Waals surface area contributed by atoms with Gasteiger partial charge in [0, 0.05) is 31.4 Å². The number of aromatic nitrogens is 4. The Labute approximate surface area is 164 Å². The van der Waals surface area contributed by atoms with Gasteiger partial charge in [0.15, 0.2) is 0 Å². The molecule has 0 atom stereocenters. The fourth-order valence-electron chi connectivity index (χ4n) is 2.83. The highest BCUT2D eigenvalue weighted by Crippen LogP contribution is 2.13. The summed E-state index contributed by atoms with van der Waals surface area (Å²) in [4.78, 5) is 21.2. The number of para-hydroxylation sites is 1. The van der Waals surface area contributed by atoms with Crippen molar-refractivity contribution < 1.29 is 4.79 Å². The summed E-state index contributed by atoms with van der Waals surface area (Å²) >= 11 is 0. The maximum absolute atomic E-state index is 12.5. The van der Waals surface area contributed by atoms with Crippen molar-refractivity contribution in [2.24, 2.45) is 0 Å². The number of rotatable bonds is 8. The van der Waals surface area contributed by atoms with Crippen LogP contribution < -0.4 is 16.0 Å². The first-order chi connectivity index (χ1) is 13.6. The molecule has 0 fully saturated rings. The molecule has 8 heteroatoms. The highest BCUT2D eigenvalue weighted by atomic mass is 16.1. The molecule has 3 aromatic rings. The Kier molecular flexibility index (Phi) is 6.21. The van der Waals surface area contributed by atoms with Gasteiger partial charge in [0.05, 0.1) is 23.1 Å². The van der Waals surface area contributed by atoms with E-state index in [0.29, 0.717) is 24.6 Å². The standard InChI is InChI=1S/C20H25N7O/c1-4-21-18-12-14(2)25-20(26-18)23-11-10-22-19(28)17-13-24-27(15(17)3)16-8-6-5-7-9-16/h5-9,12-13H,4,10-11H2,1-3H3,(H,22,28)(H2,21,23,25,26). The summed E-state index contributed by atoms with van der Waals surface area (Å²) in [6.07, 6.45) is 1.59. The van der Waals surface area contributed by atoms with Crippen LogP contribution in [0.1, 0.15) is 28.7 Å². The third kappa shape index (κ3) is 4.64. The van der Waals surface area contributed by atoms with Crippen molar-refractivity contribution >= 4 is 17.7 Å². The molecule has 8 nitrogen and oxygen atoms in total. The van der Waals surface area contributed by atoms with E-state index < -0.39 is 0 Å². The van der Waals surface area contributed by atoms with Crippen LogP contribution in [0.3, 0.4) is 0 Å². The second kappa shape index (κ2) is 8.98. The van der Waals surface area contributed by atoms with Crippen LogP contribution in [-0.4, -0.2) is 45.3 Å². The topological polar surface area (TPSA) is 96.8 Å². The lowest BCUT2D eigenvalue weighted by Crippen LogP contribution is -2.29. The van der Waals surface area contributed by atoms with Crippen LogP contribution in [-0.2, 0) is 0 Å². The van der Waals surface area contributed by atoms with Gasteiger partial charge in [-0.05, 0) is 32.9 Å². The third-order valence-electron chi connectivity index (χ3n) is 4.16. The number of nitrogens with one attached hydrogen (secondary N) is 3. The minimum Gasteiger partial charge on any atom is -0.370 e. The van der Waals surface area contributed by atoms with E-state index in [0.717, 1.165) is 29.4 Å². The van der Waals surface area contributed by atoms with E-state index in [1.54, 1.807) is 10.9 Å². The van der Waals surface area contributed by atoms with Gasteiger partial charge in [0.25, 0.3) is 5.91 Å². The molecule has 1 aromatic carbocycles. The van der Waals surface area contributed by atoms with E-state index in [-0.39, 0.29) is 5.91 Å². The molecule has 1 amide bonds. The Bertz CT molecular complexity index is 937. The fourth-order valence-corrected chi connectivity index (χ4v) is 2.83. The van der Waals surface area contributed by atoms with Gasteiger partial charge in [0.2, 0.25) is 5.95 Å². The summed E-state index contributed by atoms with van der Waals surface area (Å²) < 4.78 is 1.76. The van der Waals surface area contributed by atoms with E-state index in [2.05, 4.69) is 31.0 Å². The molecule has 0 radical (unpaired) electrons. The minimum absolute atomic E-state index is 0.153. The van der Waals surface area contributed by atoms with Crippen molar-refractivity contribution in [2.75, 3.05) is 30.3 Å². The molecule has 0 unspecified atom stereocenters. The zero-order valence-electron chi connectivity index (χ0n) is 16.4. The molecule has 0 bridgehead atoms. The van der Waals surface area contributed by atoms with Gasteiger partial charge in [-0.1, -0.05) is 18.2 Å². The fraction of sp³-hybridized carbons (Fsp3) is 0.300.